The minimum atomic E-state index is -4.43. The van der Waals surface area contributed by atoms with Crippen molar-refractivity contribution in [3.8, 4) is 0 Å². The van der Waals surface area contributed by atoms with Crippen LogP contribution in [0.1, 0.15) is 11.1 Å². The molecule has 0 aliphatic heterocycles. The first kappa shape index (κ1) is 12.8. The molecule has 0 aromatic heterocycles. The number of carboxylic acids is 1. The first-order valence-electron chi connectivity index (χ1n) is 4.33. The molecule has 0 radical (unpaired) electrons. The van der Waals surface area contributed by atoms with Crippen LogP contribution in [0.3, 0.4) is 0 Å². The van der Waals surface area contributed by atoms with E-state index < -0.39 is 23.1 Å². The molecule has 6 heteroatoms. The van der Waals surface area contributed by atoms with Crippen LogP contribution in [0.5, 0.6) is 0 Å². The van der Waals surface area contributed by atoms with Crippen LogP contribution in [0.2, 0.25) is 0 Å². The maximum Gasteiger partial charge on any atom is 0.416 e. The lowest BCUT2D eigenvalue weighted by atomic mass is 10.1. The highest BCUT2D eigenvalue weighted by atomic mass is 35.5. The monoisotopic (exact) mass is 252 g/mol. The lowest BCUT2D eigenvalue weighted by Crippen LogP contribution is -2.16. The number of alkyl halides is 4. The molecule has 1 atom stereocenters. The van der Waals surface area contributed by atoms with Crippen molar-refractivity contribution >= 4 is 17.6 Å². The van der Waals surface area contributed by atoms with E-state index in [4.69, 9.17) is 16.7 Å². The van der Waals surface area contributed by atoms with E-state index in [0.29, 0.717) is 0 Å². The lowest BCUT2D eigenvalue weighted by molar-refractivity contribution is -0.137. The summed E-state index contributed by atoms with van der Waals surface area (Å²) in [6.45, 7) is 0. The van der Waals surface area contributed by atoms with Crippen LogP contribution >= 0.6 is 11.6 Å². The normalized spacial score (nSPS) is 13.5. The van der Waals surface area contributed by atoms with E-state index in [1.54, 1.807) is 0 Å². The van der Waals surface area contributed by atoms with Crippen molar-refractivity contribution < 1.29 is 23.1 Å². The van der Waals surface area contributed by atoms with E-state index in [-0.39, 0.29) is 12.0 Å². The predicted molar refractivity (Wildman–Crippen MR) is 52.4 cm³/mol. The van der Waals surface area contributed by atoms with Gasteiger partial charge in [-0.05, 0) is 18.1 Å². The van der Waals surface area contributed by atoms with E-state index in [9.17, 15) is 18.0 Å². The fraction of sp³-hybridized carbons (Fsp3) is 0.300. The maximum atomic E-state index is 12.3. The molecule has 1 rings (SSSR count). The van der Waals surface area contributed by atoms with Gasteiger partial charge in [0, 0.05) is 0 Å². The molecule has 1 N–H and O–H groups in total. The van der Waals surface area contributed by atoms with Gasteiger partial charge in [-0.15, -0.1) is 11.6 Å². The fourth-order valence-corrected chi connectivity index (χ4v) is 1.35. The van der Waals surface area contributed by atoms with Crippen molar-refractivity contribution in [1.82, 2.24) is 0 Å². The third kappa shape index (κ3) is 3.41. The molecule has 0 aliphatic carbocycles. The summed E-state index contributed by atoms with van der Waals surface area (Å²) in [6, 6.07) is 4.46. The van der Waals surface area contributed by atoms with Crippen molar-refractivity contribution in [1.29, 1.82) is 0 Å². The van der Waals surface area contributed by atoms with E-state index >= 15 is 0 Å². The van der Waals surface area contributed by atoms with E-state index in [0.717, 1.165) is 12.1 Å². The zero-order valence-electron chi connectivity index (χ0n) is 7.96. The molecule has 0 heterocycles. The summed E-state index contributed by atoms with van der Waals surface area (Å²) in [5.74, 6) is -1.25. The second-order valence-electron chi connectivity index (χ2n) is 3.21. The first-order valence-corrected chi connectivity index (χ1v) is 4.77. The van der Waals surface area contributed by atoms with Crippen LogP contribution < -0.4 is 0 Å². The topological polar surface area (TPSA) is 37.3 Å². The summed E-state index contributed by atoms with van der Waals surface area (Å²) in [4.78, 5) is 10.4. The first-order chi connectivity index (χ1) is 7.30. The lowest BCUT2D eigenvalue weighted by Gasteiger charge is -2.09. The summed E-state index contributed by atoms with van der Waals surface area (Å²) < 4.78 is 36.9. The Morgan fingerprint density at radius 3 is 2.56 bits per heavy atom. The minimum Gasteiger partial charge on any atom is -0.480 e. The molecule has 88 valence electrons. The van der Waals surface area contributed by atoms with Crippen molar-refractivity contribution in [3.63, 3.8) is 0 Å². The van der Waals surface area contributed by atoms with Crippen molar-refractivity contribution in [2.45, 2.75) is 18.0 Å². The molecule has 1 aromatic carbocycles. The molecule has 2 nitrogen and oxygen atoms in total. The van der Waals surface area contributed by atoms with Crippen molar-refractivity contribution in [3.05, 3.63) is 35.4 Å². The standard InChI is InChI=1S/C10H8ClF3O2/c11-8(9(15)16)5-6-2-1-3-7(4-6)10(12,13)14/h1-4,8H,5H2,(H,15,16)/t8-/m0/s1. The summed E-state index contributed by atoms with van der Waals surface area (Å²) >= 11 is 5.44. The highest BCUT2D eigenvalue weighted by Gasteiger charge is 2.30. The van der Waals surface area contributed by atoms with Crippen LogP contribution in [-0.4, -0.2) is 16.5 Å². The van der Waals surface area contributed by atoms with Gasteiger partial charge in [0.2, 0.25) is 0 Å². The SMILES string of the molecule is O=C(O)[C@@H](Cl)Cc1cccc(C(F)(F)F)c1. The summed E-state index contributed by atoms with van der Waals surface area (Å²) in [6.07, 6.45) is -4.57. The van der Waals surface area contributed by atoms with Gasteiger partial charge in [0.05, 0.1) is 5.56 Å². The van der Waals surface area contributed by atoms with Gasteiger partial charge in [0.1, 0.15) is 5.38 Å². The zero-order chi connectivity index (χ0) is 12.3. The Morgan fingerprint density at radius 1 is 1.44 bits per heavy atom. The Bertz CT molecular complexity index is 390. The van der Waals surface area contributed by atoms with E-state index in [2.05, 4.69) is 0 Å². The summed E-state index contributed by atoms with van der Waals surface area (Å²) in [7, 11) is 0. The maximum absolute atomic E-state index is 12.3. The van der Waals surface area contributed by atoms with E-state index in [1.165, 1.54) is 12.1 Å². The zero-order valence-corrected chi connectivity index (χ0v) is 8.72. The number of aliphatic carboxylic acids is 1. The number of carboxylic acid groups (broad SMARTS) is 1. The van der Waals surface area contributed by atoms with Crippen LogP contribution in [-0.2, 0) is 17.4 Å². The molecular weight excluding hydrogens is 245 g/mol. The Labute approximate surface area is 94.6 Å². The Hall–Kier alpha value is -1.23. The number of rotatable bonds is 3. The molecule has 0 amide bonds. The summed E-state index contributed by atoms with van der Waals surface area (Å²) in [5.41, 5.74) is -0.559. The molecule has 0 unspecified atom stereocenters. The average molecular weight is 253 g/mol. The number of carbonyl (C=O) groups is 1. The predicted octanol–water partition coefficient (Wildman–Crippen LogP) is 2.94. The second kappa shape index (κ2) is 4.74. The van der Waals surface area contributed by atoms with Crippen LogP contribution in [0.15, 0.2) is 24.3 Å². The molecule has 0 aliphatic rings. The Kier molecular flexibility index (Phi) is 3.80. The molecule has 1 aromatic rings. The van der Waals surface area contributed by atoms with E-state index in [1.807, 2.05) is 0 Å². The van der Waals surface area contributed by atoms with Gasteiger partial charge in [0.15, 0.2) is 0 Å². The number of hydrogen-bond donors (Lipinski definition) is 1. The smallest absolute Gasteiger partial charge is 0.416 e. The third-order valence-electron chi connectivity index (χ3n) is 1.94. The van der Waals surface area contributed by atoms with Crippen molar-refractivity contribution in [2.75, 3.05) is 0 Å². The Balaban J connectivity index is 2.87. The molecular formula is C10H8ClF3O2. The van der Waals surface area contributed by atoms with Crippen LogP contribution in [0, 0.1) is 0 Å². The largest absolute Gasteiger partial charge is 0.480 e. The molecule has 0 spiro atoms. The highest BCUT2D eigenvalue weighted by molar-refractivity contribution is 6.29. The average Bonchev–Trinajstić information content (AvgIpc) is 2.16. The quantitative estimate of drug-likeness (QED) is 0.840. The molecule has 0 saturated heterocycles. The van der Waals surface area contributed by atoms with Gasteiger partial charge >= 0.3 is 12.1 Å². The van der Waals surface area contributed by atoms with Gasteiger partial charge in [-0.3, -0.25) is 4.79 Å². The van der Waals surface area contributed by atoms with Gasteiger partial charge in [-0.2, -0.15) is 13.2 Å². The Morgan fingerprint density at radius 2 is 2.06 bits per heavy atom. The fourth-order valence-electron chi connectivity index (χ4n) is 1.17. The highest BCUT2D eigenvalue weighted by Crippen LogP contribution is 2.29. The second-order valence-corrected chi connectivity index (χ2v) is 3.73. The van der Waals surface area contributed by atoms with Crippen molar-refractivity contribution in [2.24, 2.45) is 0 Å². The third-order valence-corrected chi connectivity index (χ3v) is 2.28. The molecule has 0 saturated carbocycles. The van der Waals surface area contributed by atoms with Gasteiger partial charge in [-0.1, -0.05) is 18.2 Å². The number of hydrogen-bond acceptors (Lipinski definition) is 1. The van der Waals surface area contributed by atoms with Gasteiger partial charge in [-0.25, -0.2) is 0 Å². The minimum absolute atomic E-state index is 0.138. The van der Waals surface area contributed by atoms with Crippen LogP contribution in [0.4, 0.5) is 13.2 Å². The van der Waals surface area contributed by atoms with Gasteiger partial charge < -0.3 is 5.11 Å². The number of benzene rings is 1. The molecule has 16 heavy (non-hydrogen) atoms. The molecule has 0 bridgehead atoms. The molecule has 0 fully saturated rings. The van der Waals surface area contributed by atoms with Crippen LogP contribution in [0.25, 0.3) is 0 Å². The van der Waals surface area contributed by atoms with Gasteiger partial charge in [0.25, 0.3) is 0 Å². The summed E-state index contributed by atoms with van der Waals surface area (Å²) in [5, 5.41) is 7.30. The number of halogens is 4.